The van der Waals surface area contributed by atoms with E-state index >= 15 is 0 Å². The molecule has 1 rings (SSSR count). The fourth-order valence-corrected chi connectivity index (χ4v) is 0.913. The number of carboxylic acids is 1. The Morgan fingerprint density at radius 1 is 1.75 bits per heavy atom. The van der Waals surface area contributed by atoms with Crippen LogP contribution in [-0.2, 0) is 0 Å². The van der Waals surface area contributed by atoms with Gasteiger partial charge in [0.15, 0.2) is 0 Å². The molecule has 0 aromatic carbocycles. The van der Waals surface area contributed by atoms with Crippen LogP contribution >= 0.6 is 0 Å². The third-order valence-electron chi connectivity index (χ3n) is 1.57. The standard InChI is InChI=1S/C9H9NO2/c1-3-7-4-6(2)8(5-10-7)9(11)12/h3-5H,1H2,2H3,(H,11,12). The molecule has 1 aromatic rings. The van der Waals surface area contributed by atoms with Crippen LogP contribution < -0.4 is 0 Å². The number of pyridine rings is 1. The molecule has 1 N–H and O–H groups in total. The summed E-state index contributed by atoms with van der Waals surface area (Å²) in [6.07, 6.45) is 2.92. The second-order valence-electron chi connectivity index (χ2n) is 2.43. The van der Waals surface area contributed by atoms with E-state index in [4.69, 9.17) is 5.11 Å². The molecule has 0 atom stereocenters. The molecule has 1 heterocycles. The average molecular weight is 163 g/mol. The summed E-state index contributed by atoms with van der Waals surface area (Å²) in [5, 5.41) is 8.66. The molecule has 0 saturated heterocycles. The third kappa shape index (κ3) is 1.50. The van der Waals surface area contributed by atoms with Crippen molar-refractivity contribution in [2.45, 2.75) is 6.92 Å². The number of carboxylic acid groups (broad SMARTS) is 1. The fraction of sp³-hybridized carbons (Fsp3) is 0.111. The fourth-order valence-electron chi connectivity index (χ4n) is 0.913. The molecule has 0 aliphatic rings. The van der Waals surface area contributed by atoms with Gasteiger partial charge in [0.2, 0.25) is 0 Å². The van der Waals surface area contributed by atoms with Gasteiger partial charge in [-0.15, -0.1) is 0 Å². The highest BCUT2D eigenvalue weighted by Crippen LogP contribution is 2.08. The van der Waals surface area contributed by atoms with Gasteiger partial charge in [0.05, 0.1) is 11.3 Å². The Kier molecular flexibility index (Phi) is 2.24. The molecule has 0 aliphatic heterocycles. The zero-order valence-corrected chi connectivity index (χ0v) is 6.74. The Hall–Kier alpha value is -1.64. The van der Waals surface area contributed by atoms with Gasteiger partial charge in [-0.1, -0.05) is 6.58 Å². The van der Waals surface area contributed by atoms with Gasteiger partial charge in [-0.2, -0.15) is 0 Å². The molecular weight excluding hydrogens is 154 g/mol. The zero-order valence-electron chi connectivity index (χ0n) is 6.74. The summed E-state index contributed by atoms with van der Waals surface area (Å²) < 4.78 is 0. The summed E-state index contributed by atoms with van der Waals surface area (Å²) >= 11 is 0. The van der Waals surface area contributed by atoms with Crippen LogP contribution in [0.4, 0.5) is 0 Å². The molecule has 0 spiro atoms. The molecule has 3 heteroatoms. The third-order valence-corrected chi connectivity index (χ3v) is 1.57. The predicted molar refractivity (Wildman–Crippen MR) is 46.0 cm³/mol. The van der Waals surface area contributed by atoms with Crippen LogP contribution in [-0.4, -0.2) is 16.1 Å². The molecule has 3 nitrogen and oxygen atoms in total. The number of hydrogen-bond donors (Lipinski definition) is 1. The van der Waals surface area contributed by atoms with E-state index in [2.05, 4.69) is 11.6 Å². The van der Waals surface area contributed by atoms with Crippen molar-refractivity contribution >= 4 is 12.0 Å². The van der Waals surface area contributed by atoms with Gasteiger partial charge < -0.3 is 5.11 Å². The Bertz CT molecular complexity index is 331. The lowest BCUT2D eigenvalue weighted by molar-refractivity contribution is 0.0695. The van der Waals surface area contributed by atoms with Crippen LogP contribution in [0.5, 0.6) is 0 Å². The smallest absolute Gasteiger partial charge is 0.337 e. The van der Waals surface area contributed by atoms with Crippen LogP contribution in [0.25, 0.3) is 6.08 Å². The largest absolute Gasteiger partial charge is 0.478 e. The minimum absolute atomic E-state index is 0.237. The van der Waals surface area contributed by atoms with Crippen molar-refractivity contribution in [1.82, 2.24) is 4.98 Å². The van der Waals surface area contributed by atoms with Crippen molar-refractivity contribution in [1.29, 1.82) is 0 Å². The zero-order chi connectivity index (χ0) is 9.14. The van der Waals surface area contributed by atoms with Gasteiger partial charge in [0, 0.05) is 6.20 Å². The maximum atomic E-state index is 10.6. The van der Waals surface area contributed by atoms with Gasteiger partial charge in [-0.25, -0.2) is 4.79 Å². The quantitative estimate of drug-likeness (QED) is 0.722. The number of rotatable bonds is 2. The van der Waals surface area contributed by atoms with E-state index in [-0.39, 0.29) is 5.56 Å². The second-order valence-corrected chi connectivity index (χ2v) is 2.43. The van der Waals surface area contributed by atoms with Gasteiger partial charge >= 0.3 is 5.97 Å². The second kappa shape index (κ2) is 3.17. The number of hydrogen-bond acceptors (Lipinski definition) is 2. The summed E-state index contributed by atoms with van der Waals surface area (Å²) in [5.41, 5.74) is 1.63. The molecule has 62 valence electrons. The van der Waals surface area contributed by atoms with Crippen molar-refractivity contribution in [3.05, 3.63) is 35.7 Å². The predicted octanol–water partition coefficient (Wildman–Crippen LogP) is 1.73. The first-order valence-electron chi connectivity index (χ1n) is 3.47. The Morgan fingerprint density at radius 3 is 2.83 bits per heavy atom. The Labute approximate surface area is 70.4 Å². The van der Waals surface area contributed by atoms with E-state index < -0.39 is 5.97 Å². The van der Waals surface area contributed by atoms with Crippen LogP contribution in [0.2, 0.25) is 0 Å². The highest BCUT2D eigenvalue weighted by Gasteiger charge is 2.06. The SMILES string of the molecule is C=Cc1cc(C)c(C(=O)O)cn1. The highest BCUT2D eigenvalue weighted by atomic mass is 16.4. The maximum absolute atomic E-state index is 10.6. The first-order chi connectivity index (χ1) is 5.65. The highest BCUT2D eigenvalue weighted by molar-refractivity contribution is 5.89. The number of aromatic nitrogens is 1. The van der Waals surface area contributed by atoms with Gasteiger partial charge in [0.25, 0.3) is 0 Å². The Balaban J connectivity index is 3.20. The number of carbonyl (C=O) groups is 1. The summed E-state index contributed by atoms with van der Waals surface area (Å²) in [6.45, 7) is 5.27. The lowest BCUT2D eigenvalue weighted by atomic mass is 10.1. The van der Waals surface area contributed by atoms with Crippen LogP contribution in [0.15, 0.2) is 18.8 Å². The van der Waals surface area contributed by atoms with Crippen molar-refractivity contribution in [3.63, 3.8) is 0 Å². The normalized spacial score (nSPS) is 9.42. The summed E-state index contributed by atoms with van der Waals surface area (Å²) in [5.74, 6) is -0.949. The van der Waals surface area contributed by atoms with Gasteiger partial charge in [0.1, 0.15) is 0 Å². The topological polar surface area (TPSA) is 50.2 Å². The molecule has 0 unspecified atom stereocenters. The number of nitrogens with zero attached hydrogens (tertiary/aromatic N) is 1. The monoisotopic (exact) mass is 163 g/mol. The van der Waals surface area contributed by atoms with E-state index in [1.165, 1.54) is 6.20 Å². The minimum atomic E-state index is -0.949. The van der Waals surface area contributed by atoms with E-state index in [1.807, 2.05) is 0 Å². The van der Waals surface area contributed by atoms with Crippen LogP contribution in [0, 0.1) is 6.92 Å². The van der Waals surface area contributed by atoms with Crippen molar-refractivity contribution in [2.75, 3.05) is 0 Å². The molecule has 0 saturated carbocycles. The van der Waals surface area contributed by atoms with E-state index in [1.54, 1.807) is 19.1 Å². The minimum Gasteiger partial charge on any atom is -0.478 e. The lowest BCUT2D eigenvalue weighted by Gasteiger charge is -1.99. The molecule has 0 fully saturated rings. The molecule has 1 aromatic heterocycles. The lowest BCUT2D eigenvalue weighted by Crippen LogP contribution is -2.00. The van der Waals surface area contributed by atoms with Crippen molar-refractivity contribution in [3.8, 4) is 0 Å². The number of aryl methyl sites for hydroxylation is 1. The van der Waals surface area contributed by atoms with Gasteiger partial charge in [-0.3, -0.25) is 4.98 Å². The molecule has 0 bridgehead atoms. The molecule has 0 radical (unpaired) electrons. The van der Waals surface area contributed by atoms with Crippen LogP contribution in [0.3, 0.4) is 0 Å². The van der Waals surface area contributed by atoms with Crippen LogP contribution in [0.1, 0.15) is 21.6 Å². The van der Waals surface area contributed by atoms with Crippen molar-refractivity contribution in [2.24, 2.45) is 0 Å². The molecule has 0 amide bonds. The number of aromatic carboxylic acids is 1. The van der Waals surface area contributed by atoms with E-state index in [0.717, 1.165) is 0 Å². The average Bonchev–Trinajstić information content (AvgIpc) is 2.03. The molecule has 12 heavy (non-hydrogen) atoms. The van der Waals surface area contributed by atoms with Gasteiger partial charge in [-0.05, 0) is 24.6 Å². The summed E-state index contributed by atoms with van der Waals surface area (Å²) in [7, 11) is 0. The summed E-state index contributed by atoms with van der Waals surface area (Å²) in [4.78, 5) is 14.4. The van der Waals surface area contributed by atoms with E-state index in [0.29, 0.717) is 11.3 Å². The molecule has 0 aliphatic carbocycles. The Morgan fingerprint density at radius 2 is 2.42 bits per heavy atom. The maximum Gasteiger partial charge on any atom is 0.337 e. The first kappa shape index (κ1) is 8.46. The van der Waals surface area contributed by atoms with Crippen molar-refractivity contribution < 1.29 is 9.90 Å². The van der Waals surface area contributed by atoms with E-state index in [9.17, 15) is 4.79 Å². The first-order valence-corrected chi connectivity index (χ1v) is 3.47. The summed E-state index contributed by atoms with van der Waals surface area (Å²) in [6, 6.07) is 1.69. The molecular formula is C9H9NO2.